The monoisotopic (exact) mass is 576 g/mol. The van der Waals surface area contributed by atoms with Gasteiger partial charge in [0.15, 0.2) is 0 Å². The summed E-state index contributed by atoms with van der Waals surface area (Å²) in [6.07, 6.45) is -1.47. The molecule has 2 heterocycles. The summed E-state index contributed by atoms with van der Waals surface area (Å²) in [6, 6.07) is 12.0. The van der Waals surface area contributed by atoms with Gasteiger partial charge in [-0.25, -0.2) is 4.98 Å². The van der Waals surface area contributed by atoms with E-state index in [0.717, 1.165) is 29.0 Å². The Hall–Kier alpha value is -3.58. The summed E-state index contributed by atoms with van der Waals surface area (Å²) in [6.45, 7) is 1.56. The standard InChI is InChI=1S/C26H23F3N4O4S2/c1-14(18-5-3-4-6-21(18)37-26(27,28)29)31-24(35)19-11-17(13-30-25(19)36-2)16-9-10-20-22(12-16)38-39(32-20)33-23(34)15-7-8-15/h3-6,9-15H,7-8H2,1-2H3,(H,31,35)(H,32,33,34). The maximum atomic E-state index is 13.2. The molecule has 0 bridgehead atoms. The number of hydrogen-bond acceptors (Lipinski definition) is 7. The van der Waals surface area contributed by atoms with Gasteiger partial charge in [-0.3, -0.25) is 14.3 Å². The average Bonchev–Trinajstić information content (AvgIpc) is 3.67. The van der Waals surface area contributed by atoms with Crippen LogP contribution in [0.5, 0.6) is 11.6 Å². The highest BCUT2D eigenvalue weighted by molar-refractivity contribution is 8.69. The van der Waals surface area contributed by atoms with Gasteiger partial charge in [-0.2, -0.15) is 4.36 Å². The first-order valence-electron chi connectivity index (χ1n) is 11.9. The minimum absolute atomic E-state index is 0.0273. The Kier molecular flexibility index (Phi) is 7.54. The predicted molar refractivity (Wildman–Crippen MR) is 141 cm³/mol. The maximum absolute atomic E-state index is 13.2. The smallest absolute Gasteiger partial charge is 0.480 e. The number of carbonyl (C=O) groups excluding carboxylic acids is 2. The first kappa shape index (κ1) is 27.0. The Morgan fingerprint density at radius 2 is 1.90 bits per heavy atom. The number of pyridine rings is 1. The van der Waals surface area contributed by atoms with E-state index in [1.165, 1.54) is 36.1 Å². The SMILES string of the molecule is COc1ncc(-c2ccc3c(c2)SS(NC(=O)C2CC2)=N3)cc1C(=O)NC(C)c1ccccc1OC(F)(F)F. The number of benzene rings is 2. The first-order chi connectivity index (χ1) is 18.6. The molecule has 3 aromatic rings. The summed E-state index contributed by atoms with van der Waals surface area (Å²) in [5.74, 6) is -0.788. The number of hydrogen-bond donors (Lipinski definition) is 2. The molecule has 204 valence electrons. The molecule has 2 atom stereocenters. The molecule has 1 aliphatic heterocycles. The molecule has 13 heteroatoms. The number of nitrogens with one attached hydrogen (secondary N) is 2. The van der Waals surface area contributed by atoms with Crippen molar-refractivity contribution in [1.82, 2.24) is 15.0 Å². The molecule has 2 unspecified atom stereocenters. The van der Waals surface area contributed by atoms with Crippen molar-refractivity contribution in [2.24, 2.45) is 10.3 Å². The van der Waals surface area contributed by atoms with Crippen molar-refractivity contribution in [3.05, 3.63) is 65.9 Å². The van der Waals surface area contributed by atoms with E-state index in [9.17, 15) is 22.8 Å². The van der Waals surface area contributed by atoms with E-state index in [4.69, 9.17) is 4.74 Å². The van der Waals surface area contributed by atoms with Crippen LogP contribution < -0.4 is 19.5 Å². The van der Waals surface area contributed by atoms with E-state index >= 15 is 0 Å². The molecule has 1 saturated carbocycles. The molecule has 5 rings (SSSR count). The normalized spacial score (nSPS) is 17.0. The molecule has 0 spiro atoms. The topological polar surface area (TPSA) is 102 Å². The number of ether oxygens (including phenoxy) is 2. The lowest BCUT2D eigenvalue weighted by Gasteiger charge is -2.19. The fourth-order valence-electron chi connectivity index (χ4n) is 3.93. The number of para-hydroxylation sites is 1. The molecular weight excluding hydrogens is 553 g/mol. The van der Waals surface area contributed by atoms with Gasteiger partial charge in [0, 0.05) is 28.1 Å². The second-order valence-electron chi connectivity index (χ2n) is 8.91. The predicted octanol–water partition coefficient (Wildman–Crippen LogP) is 6.04. The lowest BCUT2D eigenvalue weighted by Crippen LogP contribution is -2.28. The second kappa shape index (κ2) is 10.9. The van der Waals surface area contributed by atoms with E-state index in [0.29, 0.717) is 5.56 Å². The van der Waals surface area contributed by atoms with E-state index in [1.807, 2.05) is 18.2 Å². The zero-order chi connectivity index (χ0) is 27.7. The van der Waals surface area contributed by atoms with Crippen molar-refractivity contribution in [2.45, 2.75) is 37.1 Å². The molecule has 39 heavy (non-hydrogen) atoms. The van der Waals surface area contributed by atoms with Gasteiger partial charge in [0.1, 0.15) is 11.3 Å². The quantitative estimate of drug-likeness (QED) is 0.317. The van der Waals surface area contributed by atoms with E-state index in [-0.39, 0.29) is 28.8 Å². The lowest BCUT2D eigenvalue weighted by molar-refractivity contribution is -0.275. The fourth-order valence-corrected chi connectivity index (χ4v) is 6.97. The van der Waals surface area contributed by atoms with Gasteiger partial charge in [-0.15, -0.1) is 13.2 Å². The van der Waals surface area contributed by atoms with Gasteiger partial charge in [-0.05, 0) is 60.4 Å². The van der Waals surface area contributed by atoms with Crippen LogP contribution in [-0.4, -0.2) is 30.3 Å². The number of methoxy groups -OCH3 is 1. The number of aromatic nitrogens is 1. The van der Waals surface area contributed by atoms with E-state index in [1.54, 1.807) is 25.3 Å². The van der Waals surface area contributed by atoms with E-state index < -0.39 is 34.0 Å². The molecule has 2 aliphatic rings. The number of nitrogens with zero attached hydrogens (tertiary/aromatic N) is 2. The zero-order valence-electron chi connectivity index (χ0n) is 20.7. The highest BCUT2D eigenvalue weighted by Gasteiger charge is 2.33. The van der Waals surface area contributed by atoms with Crippen LogP contribution in [-0.2, 0) is 14.7 Å². The number of halogens is 3. The second-order valence-corrected chi connectivity index (χ2v) is 11.8. The minimum Gasteiger partial charge on any atom is -0.480 e. The number of fused-ring (bicyclic) bond motifs is 1. The van der Waals surface area contributed by atoms with Gasteiger partial charge < -0.3 is 14.8 Å². The third-order valence-electron chi connectivity index (χ3n) is 6.03. The highest BCUT2D eigenvalue weighted by Crippen LogP contribution is 2.43. The summed E-state index contributed by atoms with van der Waals surface area (Å²) in [5.41, 5.74) is 2.46. The van der Waals surface area contributed by atoms with Crippen LogP contribution >= 0.6 is 10.8 Å². The van der Waals surface area contributed by atoms with Crippen molar-refractivity contribution in [3.8, 4) is 22.8 Å². The third kappa shape index (κ3) is 6.36. The van der Waals surface area contributed by atoms with Gasteiger partial charge in [0.05, 0.1) is 28.7 Å². The average molecular weight is 577 g/mol. The van der Waals surface area contributed by atoms with Crippen molar-refractivity contribution >= 4 is 38.2 Å². The molecule has 1 aliphatic carbocycles. The molecule has 2 aromatic carbocycles. The van der Waals surface area contributed by atoms with Gasteiger partial charge in [-0.1, -0.05) is 24.3 Å². The van der Waals surface area contributed by atoms with Crippen molar-refractivity contribution < 1.29 is 32.2 Å². The van der Waals surface area contributed by atoms with Crippen molar-refractivity contribution in [2.75, 3.05) is 7.11 Å². The molecule has 2 N–H and O–H groups in total. The summed E-state index contributed by atoms with van der Waals surface area (Å²) < 4.78 is 55.5. The molecule has 8 nitrogen and oxygen atoms in total. The maximum Gasteiger partial charge on any atom is 0.573 e. The number of carbonyl (C=O) groups is 2. The Morgan fingerprint density at radius 3 is 2.62 bits per heavy atom. The summed E-state index contributed by atoms with van der Waals surface area (Å²) in [4.78, 5) is 30.5. The molecule has 0 saturated heterocycles. The summed E-state index contributed by atoms with van der Waals surface area (Å²) in [7, 11) is 2.15. The van der Waals surface area contributed by atoms with E-state index in [2.05, 4.69) is 24.1 Å². The van der Waals surface area contributed by atoms with Crippen molar-refractivity contribution in [1.29, 1.82) is 0 Å². The van der Waals surface area contributed by atoms with Gasteiger partial charge >= 0.3 is 6.36 Å². The first-order valence-corrected chi connectivity index (χ1v) is 14.4. The number of rotatable bonds is 8. The Balaban J connectivity index is 1.34. The summed E-state index contributed by atoms with van der Waals surface area (Å²) >= 11 is 0. The lowest BCUT2D eigenvalue weighted by atomic mass is 10.0. The summed E-state index contributed by atoms with van der Waals surface area (Å²) in [5, 5.41) is 2.71. The zero-order valence-corrected chi connectivity index (χ0v) is 22.4. The molecular formula is C26H23F3N4O4S2. The molecule has 2 amide bonds. The van der Waals surface area contributed by atoms with Crippen LogP contribution in [0.4, 0.5) is 18.9 Å². The van der Waals surface area contributed by atoms with Crippen LogP contribution in [0.2, 0.25) is 0 Å². The molecule has 1 aromatic heterocycles. The highest BCUT2D eigenvalue weighted by atomic mass is 33.1. The van der Waals surface area contributed by atoms with Crippen LogP contribution in [0, 0.1) is 5.92 Å². The molecule has 0 radical (unpaired) electrons. The van der Waals surface area contributed by atoms with Crippen LogP contribution in [0.25, 0.3) is 11.1 Å². The van der Waals surface area contributed by atoms with Gasteiger partial charge in [0.25, 0.3) is 5.91 Å². The minimum atomic E-state index is -4.87. The van der Waals surface area contributed by atoms with Crippen LogP contribution in [0.15, 0.2) is 64.0 Å². The Labute approximate surface area is 228 Å². The van der Waals surface area contributed by atoms with Crippen molar-refractivity contribution in [3.63, 3.8) is 0 Å². The third-order valence-corrected chi connectivity index (χ3v) is 8.92. The largest absolute Gasteiger partial charge is 0.573 e. The van der Waals surface area contributed by atoms with Crippen LogP contribution in [0.1, 0.15) is 41.7 Å². The Bertz CT molecular complexity index is 1480. The number of alkyl halides is 3. The number of amides is 2. The van der Waals surface area contributed by atoms with Crippen LogP contribution in [0.3, 0.4) is 0 Å². The fraction of sp³-hybridized carbons (Fsp3) is 0.269. The molecule has 1 fully saturated rings. The van der Waals surface area contributed by atoms with Gasteiger partial charge in [0.2, 0.25) is 11.8 Å². The Morgan fingerprint density at radius 1 is 1.13 bits per heavy atom.